The molecule has 5 heteroatoms. The maximum atomic E-state index is 5.39. The fourth-order valence-electron chi connectivity index (χ4n) is 3.63. The second kappa shape index (κ2) is 5.46. The minimum Gasteiger partial charge on any atom is -0.362 e. The van der Waals surface area contributed by atoms with Gasteiger partial charge in [-0.15, -0.1) is 0 Å². The van der Waals surface area contributed by atoms with Gasteiger partial charge >= 0.3 is 0 Å². The first-order valence-corrected chi connectivity index (χ1v) is 8.91. The van der Waals surface area contributed by atoms with Crippen LogP contribution in [0.25, 0.3) is 27.7 Å². The average Bonchev–Trinajstić information content (AvgIpc) is 3.30. The summed E-state index contributed by atoms with van der Waals surface area (Å²) < 4.78 is 5.39. The number of H-pyrrole nitrogens is 1. The van der Waals surface area contributed by atoms with Gasteiger partial charge in [0.1, 0.15) is 11.6 Å². The lowest BCUT2D eigenvalue weighted by Gasteiger charge is -2.13. The number of hydrogen-bond acceptors (Lipinski definition) is 4. The number of hydrogen-bond donors (Lipinski definition) is 2. The van der Waals surface area contributed by atoms with Crippen molar-refractivity contribution in [2.75, 3.05) is 0 Å². The maximum Gasteiger partial charge on any atom is 0.141 e. The molecule has 0 atom stereocenters. The number of nitrogens with zero attached hydrogens (tertiary/aromatic N) is 2. The van der Waals surface area contributed by atoms with E-state index in [9.17, 15) is 0 Å². The number of aryl methyl sites for hydroxylation is 2. The third-order valence-corrected chi connectivity index (χ3v) is 5.06. The van der Waals surface area contributed by atoms with Crippen LogP contribution in [0.2, 0.25) is 0 Å². The van der Waals surface area contributed by atoms with Crippen molar-refractivity contribution in [1.29, 1.82) is 0 Å². The Morgan fingerprint density at radius 2 is 2.08 bits per heavy atom. The van der Waals surface area contributed by atoms with Crippen LogP contribution in [0.4, 0.5) is 0 Å². The second-order valence-electron chi connectivity index (χ2n) is 7.12. The quantitative estimate of drug-likeness (QED) is 0.721. The fourth-order valence-corrected chi connectivity index (χ4v) is 3.63. The summed E-state index contributed by atoms with van der Waals surface area (Å²) in [6.45, 7) is 7.95. The summed E-state index contributed by atoms with van der Waals surface area (Å²) in [6.07, 6.45) is 8.47. The summed E-state index contributed by atoms with van der Waals surface area (Å²) in [4.78, 5) is 8.46. The second-order valence-corrected chi connectivity index (χ2v) is 7.12. The topological polar surface area (TPSA) is 66.7 Å². The molecule has 3 aromatic rings. The number of nitrogens with one attached hydrogen (secondary N) is 2. The van der Waals surface area contributed by atoms with Crippen molar-refractivity contribution in [3.8, 4) is 11.1 Å². The Balaban J connectivity index is 1.78. The molecule has 1 saturated carbocycles. The van der Waals surface area contributed by atoms with Crippen LogP contribution in [0, 0.1) is 13.8 Å². The molecule has 3 heterocycles. The minimum absolute atomic E-state index is 0.574. The van der Waals surface area contributed by atoms with Crippen molar-refractivity contribution in [1.82, 2.24) is 20.4 Å². The van der Waals surface area contributed by atoms with Crippen LogP contribution in [0.15, 0.2) is 47.3 Å². The standard InChI is InChI=1S/C21H20N4O/c1-11-8-15(6-7-22-11)17-9-16(19-12(2)25-26-13(19)3)10-18-20(17)24-21(23-18)14-4-5-14/h6-10,14,22H,1,4-5H2,2-3H3,(H,23,24). The highest BCUT2D eigenvalue weighted by molar-refractivity contribution is 5.96. The Bertz CT molecular complexity index is 1090. The van der Waals surface area contributed by atoms with Crippen LogP contribution in [0.1, 0.15) is 41.6 Å². The molecule has 5 nitrogen and oxygen atoms in total. The van der Waals surface area contributed by atoms with Gasteiger partial charge < -0.3 is 14.8 Å². The van der Waals surface area contributed by atoms with Gasteiger partial charge in [0.05, 0.1) is 16.7 Å². The van der Waals surface area contributed by atoms with Gasteiger partial charge in [-0.2, -0.15) is 0 Å². The molecular formula is C21H20N4O. The van der Waals surface area contributed by atoms with Gasteiger partial charge in [-0.25, -0.2) is 4.98 Å². The molecular weight excluding hydrogens is 324 g/mol. The summed E-state index contributed by atoms with van der Waals surface area (Å²) in [5.41, 5.74) is 8.16. The fraction of sp³-hybridized carbons (Fsp3) is 0.238. The van der Waals surface area contributed by atoms with Crippen molar-refractivity contribution < 1.29 is 4.52 Å². The lowest BCUT2D eigenvalue weighted by molar-refractivity contribution is 0.393. The van der Waals surface area contributed by atoms with E-state index in [1.165, 1.54) is 12.8 Å². The van der Waals surface area contributed by atoms with Crippen LogP contribution in [-0.2, 0) is 0 Å². The highest BCUT2D eigenvalue weighted by atomic mass is 16.5. The molecule has 0 radical (unpaired) electrons. The predicted octanol–water partition coefficient (Wildman–Crippen LogP) is 4.73. The van der Waals surface area contributed by atoms with Crippen molar-refractivity contribution >= 4 is 16.6 Å². The van der Waals surface area contributed by atoms with E-state index in [4.69, 9.17) is 9.51 Å². The van der Waals surface area contributed by atoms with Crippen LogP contribution < -0.4 is 5.32 Å². The van der Waals surface area contributed by atoms with Gasteiger partial charge in [0.15, 0.2) is 0 Å². The van der Waals surface area contributed by atoms with Crippen molar-refractivity contribution in [2.45, 2.75) is 32.6 Å². The van der Waals surface area contributed by atoms with Gasteiger partial charge in [-0.1, -0.05) is 11.7 Å². The molecule has 2 aromatic heterocycles. The summed E-state index contributed by atoms with van der Waals surface area (Å²) in [7, 11) is 0. The van der Waals surface area contributed by atoms with E-state index >= 15 is 0 Å². The van der Waals surface area contributed by atoms with Gasteiger partial charge in [-0.05, 0) is 62.1 Å². The molecule has 0 bridgehead atoms. The van der Waals surface area contributed by atoms with Gasteiger partial charge in [0.25, 0.3) is 0 Å². The molecule has 0 spiro atoms. The zero-order chi connectivity index (χ0) is 17.8. The number of fused-ring (bicyclic) bond motifs is 1. The van der Waals surface area contributed by atoms with Gasteiger partial charge in [0, 0.05) is 28.9 Å². The van der Waals surface area contributed by atoms with E-state index in [2.05, 4.69) is 46.3 Å². The van der Waals surface area contributed by atoms with E-state index in [-0.39, 0.29) is 0 Å². The largest absolute Gasteiger partial charge is 0.362 e. The molecule has 1 fully saturated rings. The smallest absolute Gasteiger partial charge is 0.141 e. The normalized spacial score (nSPS) is 16.8. The average molecular weight is 344 g/mol. The van der Waals surface area contributed by atoms with Gasteiger partial charge in [-0.3, -0.25) is 0 Å². The number of dihydropyridines is 1. The Morgan fingerprint density at radius 3 is 2.77 bits per heavy atom. The monoisotopic (exact) mass is 344 g/mol. The SMILES string of the molecule is C=C1C=C(c2cc(-c3c(C)noc3C)cc3[nH]c(C4CC4)nc23)C=CN1. The molecule has 1 aromatic carbocycles. The summed E-state index contributed by atoms with van der Waals surface area (Å²) >= 11 is 0. The number of aromatic nitrogens is 3. The van der Waals surface area contributed by atoms with Crippen molar-refractivity contribution in [2.24, 2.45) is 0 Å². The number of rotatable bonds is 3. The molecule has 2 N–H and O–H groups in total. The highest BCUT2D eigenvalue weighted by Crippen LogP contribution is 2.41. The molecule has 5 rings (SSSR count). The van der Waals surface area contributed by atoms with E-state index in [1.807, 2.05) is 20.0 Å². The minimum atomic E-state index is 0.574. The van der Waals surface area contributed by atoms with E-state index < -0.39 is 0 Å². The van der Waals surface area contributed by atoms with Crippen molar-refractivity contribution in [3.63, 3.8) is 0 Å². The molecule has 130 valence electrons. The first-order valence-electron chi connectivity index (χ1n) is 8.91. The molecule has 1 aliphatic carbocycles. The Labute approximate surface area is 151 Å². The van der Waals surface area contributed by atoms with Gasteiger partial charge in [0.2, 0.25) is 0 Å². The van der Waals surface area contributed by atoms with Crippen LogP contribution >= 0.6 is 0 Å². The Morgan fingerprint density at radius 1 is 1.23 bits per heavy atom. The van der Waals surface area contributed by atoms with Crippen LogP contribution in [0.5, 0.6) is 0 Å². The summed E-state index contributed by atoms with van der Waals surface area (Å²) in [5.74, 6) is 2.49. The summed E-state index contributed by atoms with van der Waals surface area (Å²) in [5, 5.41) is 7.24. The first kappa shape index (κ1) is 15.2. The molecule has 0 amide bonds. The molecule has 2 aliphatic rings. The Hall–Kier alpha value is -3.08. The summed E-state index contributed by atoms with van der Waals surface area (Å²) in [6, 6.07) is 4.34. The highest BCUT2D eigenvalue weighted by Gasteiger charge is 2.28. The zero-order valence-electron chi connectivity index (χ0n) is 14.9. The number of allylic oxidation sites excluding steroid dienone is 3. The number of aromatic amines is 1. The van der Waals surface area contributed by atoms with Crippen molar-refractivity contribution in [3.05, 3.63) is 65.6 Å². The maximum absolute atomic E-state index is 5.39. The van der Waals surface area contributed by atoms with E-state index in [0.717, 1.165) is 56.3 Å². The van der Waals surface area contributed by atoms with Crippen LogP contribution in [0.3, 0.4) is 0 Å². The van der Waals surface area contributed by atoms with Crippen LogP contribution in [-0.4, -0.2) is 15.1 Å². The molecule has 0 saturated heterocycles. The molecule has 0 unspecified atom stereocenters. The lowest BCUT2D eigenvalue weighted by Crippen LogP contribution is -2.05. The first-order chi connectivity index (χ1) is 12.6. The third kappa shape index (κ3) is 2.39. The number of imidazole rings is 1. The number of benzene rings is 1. The lowest BCUT2D eigenvalue weighted by atomic mass is 9.95. The van der Waals surface area contributed by atoms with E-state index in [1.54, 1.807) is 0 Å². The molecule has 26 heavy (non-hydrogen) atoms. The molecule has 1 aliphatic heterocycles. The Kier molecular flexibility index (Phi) is 3.19. The zero-order valence-corrected chi connectivity index (χ0v) is 14.9. The third-order valence-electron chi connectivity index (χ3n) is 5.06. The van der Waals surface area contributed by atoms with E-state index in [0.29, 0.717) is 5.92 Å². The predicted molar refractivity (Wildman–Crippen MR) is 102 cm³/mol.